The quantitative estimate of drug-likeness (QED) is 0.472. The Morgan fingerprint density at radius 1 is 1.16 bits per heavy atom. The zero-order valence-corrected chi connectivity index (χ0v) is 18.5. The van der Waals surface area contributed by atoms with E-state index in [2.05, 4.69) is 15.2 Å². The van der Waals surface area contributed by atoms with Gasteiger partial charge in [-0.3, -0.25) is 9.95 Å². The second-order valence-electron chi connectivity index (χ2n) is 6.55. The molecule has 0 unspecified atom stereocenters. The summed E-state index contributed by atoms with van der Waals surface area (Å²) < 4.78 is 43.9. The molecular formula is C22H22N3O6S-. The molecule has 9 nitrogen and oxygen atoms in total. The number of carbonyl (C=O) groups is 1. The monoisotopic (exact) mass is 456 g/mol. The largest absolute Gasteiger partial charge is 0.493 e. The summed E-state index contributed by atoms with van der Waals surface area (Å²) in [6, 6.07) is 12.4. The highest BCUT2D eigenvalue weighted by Gasteiger charge is 2.11. The van der Waals surface area contributed by atoms with Gasteiger partial charge in [-0.1, -0.05) is 6.07 Å². The molecule has 3 aromatic rings. The van der Waals surface area contributed by atoms with E-state index in [0.29, 0.717) is 29.6 Å². The van der Waals surface area contributed by atoms with Crippen LogP contribution in [0.5, 0.6) is 11.5 Å². The van der Waals surface area contributed by atoms with Crippen molar-refractivity contribution in [1.82, 2.24) is 5.16 Å². The molecular weight excluding hydrogens is 434 g/mol. The maximum atomic E-state index is 12.4. The van der Waals surface area contributed by atoms with E-state index < -0.39 is 10.0 Å². The van der Waals surface area contributed by atoms with Crippen LogP contribution in [0.15, 0.2) is 64.0 Å². The highest BCUT2D eigenvalue weighted by Crippen LogP contribution is 2.29. The predicted octanol–water partition coefficient (Wildman–Crippen LogP) is 4.44. The van der Waals surface area contributed by atoms with Crippen molar-refractivity contribution in [1.29, 1.82) is 0 Å². The molecule has 1 N–H and O–H groups in total. The van der Waals surface area contributed by atoms with E-state index in [1.54, 1.807) is 38.3 Å². The number of methoxy groups -OCH3 is 1. The summed E-state index contributed by atoms with van der Waals surface area (Å²) >= 11 is 0. The van der Waals surface area contributed by atoms with Crippen molar-refractivity contribution in [2.24, 2.45) is 0 Å². The van der Waals surface area contributed by atoms with Crippen molar-refractivity contribution in [3.8, 4) is 11.5 Å². The van der Waals surface area contributed by atoms with Gasteiger partial charge in [0.25, 0.3) is 0 Å². The molecule has 0 saturated carbocycles. The number of amides is 1. The lowest BCUT2D eigenvalue weighted by molar-refractivity contribution is -0.111. The summed E-state index contributed by atoms with van der Waals surface area (Å²) in [5.74, 6) is 1.23. The molecule has 0 fully saturated rings. The first kappa shape index (κ1) is 22.9. The van der Waals surface area contributed by atoms with Crippen LogP contribution in [0.25, 0.3) is 10.8 Å². The molecule has 3 rings (SSSR count). The topological polar surface area (TPSA) is 122 Å². The number of rotatable bonds is 9. The van der Waals surface area contributed by atoms with E-state index in [4.69, 9.17) is 14.0 Å². The zero-order valence-electron chi connectivity index (χ0n) is 17.7. The van der Waals surface area contributed by atoms with Crippen molar-refractivity contribution < 1.29 is 27.2 Å². The van der Waals surface area contributed by atoms with Crippen molar-refractivity contribution in [3.05, 3.63) is 70.7 Å². The number of benzene rings is 2. The van der Waals surface area contributed by atoms with Crippen LogP contribution in [0, 0.1) is 6.92 Å². The molecule has 0 radical (unpaired) electrons. The molecule has 168 valence electrons. The van der Waals surface area contributed by atoms with Crippen molar-refractivity contribution in [2.75, 3.05) is 19.0 Å². The fourth-order valence-electron chi connectivity index (χ4n) is 2.70. The summed E-state index contributed by atoms with van der Waals surface area (Å²) in [4.78, 5) is 12.2. The van der Waals surface area contributed by atoms with E-state index in [0.717, 1.165) is 5.56 Å². The number of anilines is 1. The lowest BCUT2D eigenvalue weighted by Gasteiger charge is -2.12. The lowest BCUT2D eigenvalue weighted by Crippen LogP contribution is -2.08. The molecule has 0 aliphatic heterocycles. The van der Waals surface area contributed by atoms with E-state index >= 15 is 0 Å². The molecule has 32 heavy (non-hydrogen) atoms. The minimum absolute atomic E-state index is 0.0315. The van der Waals surface area contributed by atoms with Gasteiger partial charge in [0, 0.05) is 11.8 Å². The standard InChI is InChI=1S/C22H23N3O6S/c1-4-30-19-11-5-16(14-20(19)29-3)6-12-22(26)23-17-7-9-18(10-8-17)32(27,28)25-21-13-15(2)31-24-21/h5-14H,4H2,1-3H3,(H2,23,24,25,26)/p-1. The highest BCUT2D eigenvalue weighted by atomic mass is 32.2. The van der Waals surface area contributed by atoms with Gasteiger partial charge in [-0.15, -0.1) is 0 Å². The van der Waals surface area contributed by atoms with E-state index in [1.807, 2.05) is 6.92 Å². The fourth-order valence-corrected chi connectivity index (χ4v) is 3.62. The average molecular weight is 457 g/mol. The average Bonchev–Trinajstić information content (AvgIpc) is 3.17. The van der Waals surface area contributed by atoms with Crippen LogP contribution in [0.3, 0.4) is 0 Å². The maximum absolute atomic E-state index is 12.4. The molecule has 0 aliphatic rings. The van der Waals surface area contributed by atoms with Gasteiger partial charge in [0.2, 0.25) is 15.9 Å². The second-order valence-corrected chi connectivity index (χ2v) is 8.16. The third kappa shape index (κ3) is 5.88. The summed E-state index contributed by atoms with van der Waals surface area (Å²) in [5, 5.41) is 6.22. The van der Waals surface area contributed by atoms with Crippen LogP contribution in [0.2, 0.25) is 0 Å². The molecule has 0 spiro atoms. The van der Waals surface area contributed by atoms with Crippen LogP contribution in [0.4, 0.5) is 11.5 Å². The molecule has 0 atom stereocenters. The molecule has 0 saturated heterocycles. The van der Waals surface area contributed by atoms with E-state index in [1.165, 1.54) is 36.4 Å². The Bertz CT molecular complexity index is 1220. The summed E-state index contributed by atoms with van der Waals surface area (Å²) in [7, 11) is -2.41. The molecule has 0 aliphatic carbocycles. The van der Waals surface area contributed by atoms with Crippen LogP contribution in [-0.2, 0) is 14.8 Å². The van der Waals surface area contributed by atoms with Gasteiger partial charge in [0.15, 0.2) is 11.5 Å². The Hall–Kier alpha value is -3.79. The van der Waals surface area contributed by atoms with Crippen LogP contribution in [0.1, 0.15) is 18.2 Å². The van der Waals surface area contributed by atoms with Gasteiger partial charge in [0.05, 0.1) is 18.6 Å². The number of nitrogens with one attached hydrogen (secondary N) is 1. The summed E-state index contributed by atoms with van der Waals surface area (Å²) in [6.45, 7) is 4.03. The molecule has 1 aromatic heterocycles. The van der Waals surface area contributed by atoms with Crippen molar-refractivity contribution >= 4 is 33.5 Å². The minimum atomic E-state index is -3.95. The first-order chi connectivity index (χ1) is 15.3. The third-order valence-electron chi connectivity index (χ3n) is 4.16. The number of nitrogens with zero attached hydrogens (tertiary/aromatic N) is 2. The molecule has 1 amide bonds. The van der Waals surface area contributed by atoms with Crippen LogP contribution in [-0.4, -0.2) is 33.2 Å². The van der Waals surface area contributed by atoms with Crippen LogP contribution >= 0.6 is 0 Å². The third-order valence-corrected chi connectivity index (χ3v) is 5.46. The van der Waals surface area contributed by atoms with Gasteiger partial charge in [-0.25, -0.2) is 8.42 Å². The number of aryl methyl sites for hydroxylation is 1. The Balaban J connectivity index is 1.63. The summed E-state index contributed by atoms with van der Waals surface area (Å²) in [6.07, 6.45) is 2.99. The summed E-state index contributed by atoms with van der Waals surface area (Å²) in [5.41, 5.74) is 1.19. The number of aromatic nitrogens is 1. The fraction of sp³-hybridized carbons (Fsp3) is 0.182. The molecule has 10 heteroatoms. The maximum Gasteiger partial charge on any atom is 0.248 e. The van der Waals surface area contributed by atoms with Crippen molar-refractivity contribution in [3.63, 3.8) is 0 Å². The predicted molar refractivity (Wildman–Crippen MR) is 120 cm³/mol. The SMILES string of the molecule is CCOc1ccc(C=CC(=O)Nc2ccc(S(=O)(=O)[N-]c3cc(C)on3)cc2)cc1OC. The number of sulfonamides is 1. The number of ether oxygens (including phenoxy) is 2. The lowest BCUT2D eigenvalue weighted by atomic mass is 10.2. The molecule has 0 bridgehead atoms. The van der Waals surface area contributed by atoms with Gasteiger partial charge in [-0.05, 0) is 73.8 Å². The number of carbonyl (C=O) groups excluding carboxylic acids is 1. The first-order valence-electron chi connectivity index (χ1n) is 9.62. The highest BCUT2D eigenvalue weighted by molar-refractivity contribution is 7.94. The smallest absolute Gasteiger partial charge is 0.248 e. The van der Waals surface area contributed by atoms with Gasteiger partial charge in [0.1, 0.15) is 5.76 Å². The van der Waals surface area contributed by atoms with Gasteiger partial charge >= 0.3 is 0 Å². The number of hydrogen-bond donors (Lipinski definition) is 1. The molecule has 1 heterocycles. The Kier molecular flexibility index (Phi) is 7.16. The van der Waals surface area contributed by atoms with Gasteiger partial charge < -0.3 is 24.0 Å². The van der Waals surface area contributed by atoms with E-state index in [9.17, 15) is 13.2 Å². The Morgan fingerprint density at radius 3 is 2.53 bits per heavy atom. The first-order valence-corrected chi connectivity index (χ1v) is 11.1. The van der Waals surface area contributed by atoms with Crippen molar-refractivity contribution in [2.45, 2.75) is 18.7 Å². The van der Waals surface area contributed by atoms with Gasteiger partial charge in [-0.2, -0.15) is 0 Å². The Morgan fingerprint density at radius 2 is 1.91 bits per heavy atom. The normalized spacial score (nSPS) is 11.3. The number of hydrogen-bond acceptors (Lipinski definition) is 7. The van der Waals surface area contributed by atoms with E-state index in [-0.39, 0.29) is 16.6 Å². The van der Waals surface area contributed by atoms with Crippen LogP contribution < -0.4 is 14.8 Å². The molecule has 2 aromatic carbocycles. The Labute approximate surface area is 186 Å². The zero-order chi connectivity index (χ0) is 23.1. The minimum Gasteiger partial charge on any atom is -0.493 e. The second kappa shape index (κ2) is 10.0.